The van der Waals surface area contributed by atoms with Crippen LogP contribution in [-0.2, 0) is 9.59 Å². The van der Waals surface area contributed by atoms with Crippen LogP contribution >= 0.6 is 0 Å². The fourth-order valence-electron chi connectivity index (χ4n) is 2.47. The van der Waals surface area contributed by atoms with Crippen LogP contribution in [0.1, 0.15) is 29.5 Å². The van der Waals surface area contributed by atoms with Gasteiger partial charge in [-0.3, -0.25) is 4.79 Å². The first-order valence-corrected chi connectivity index (χ1v) is 8.25. The van der Waals surface area contributed by atoms with Crippen LogP contribution in [0.25, 0.3) is 17.2 Å². The van der Waals surface area contributed by atoms with Crippen molar-refractivity contribution in [3.63, 3.8) is 0 Å². The quantitative estimate of drug-likeness (QED) is 0.615. The number of hydrogen-bond acceptors (Lipinski definition) is 2. The van der Waals surface area contributed by atoms with Gasteiger partial charge in [0.1, 0.15) is 5.82 Å². The molecular weight excluding hydrogens is 333 g/mol. The minimum Gasteiger partial charge on any atom is -0.478 e. The minimum atomic E-state index is -1.08. The van der Waals surface area contributed by atoms with Crippen molar-refractivity contribution in [1.82, 2.24) is 5.32 Å². The van der Waals surface area contributed by atoms with Gasteiger partial charge in [-0.25, -0.2) is 9.18 Å². The SMILES string of the molecule is C=C(C(=O)O)c1ccc(/C=C(\C(=O)NC2CC2)c2ccc(F)cc2)cc1. The van der Waals surface area contributed by atoms with Gasteiger partial charge >= 0.3 is 5.97 Å². The van der Waals surface area contributed by atoms with Crippen LogP contribution in [0, 0.1) is 5.82 Å². The van der Waals surface area contributed by atoms with E-state index in [1.165, 1.54) is 12.1 Å². The molecule has 4 nitrogen and oxygen atoms in total. The van der Waals surface area contributed by atoms with E-state index < -0.39 is 5.97 Å². The third kappa shape index (κ3) is 4.25. The molecule has 26 heavy (non-hydrogen) atoms. The number of halogens is 1. The molecule has 2 aromatic carbocycles. The van der Waals surface area contributed by atoms with Gasteiger partial charge in [-0.05, 0) is 47.7 Å². The maximum Gasteiger partial charge on any atom is 0.335 e. The zero-order valence-electron chi connectivity index (χ0n) is 14.0. The molecule has 1 amide bonds. The van der Waals surface area contributed by atoms with Crippen LogP contribution in [0.5, 0.6) is 0 Å². The fraction of sp³-hybridized carbons (Fsp3) is 0.143. The zero-order valence-corrected chi connectivity index (χ0v) is 14.0. The lowest BCUT2D eigenvalue weighted by Gasteiger charge is -2.09. The molecule has 0 unspecified atom stereocenters. The summed E-state index contributed by atoms with van der Waals surface area (Å²) < 4.78 is 13.2. The summed E-state index contributed by atoms with van der Waals surface area (Å²) in [5, 5.41) is 11.9. The standard InChI is InChI=1S/C21H18FNO3/c1-13(21(25)26)15-4-2-14(3-5-15)12-19(20(24)23-18-10-11-18)16-6-8-17(22)9-7-16/h2-9,12,18H,1,10-11H2,(H,23,24)(H,25,26)/b19-12-. The third-order valence-corrected chi connectivity index (χ3v) is 4.14. The molecule has 0 aromatic heterocycles. The first-order chi connectivity index (χ1) is 12.4. The Morgan fingerprint density at radius 3 is 2.15 bits per heavy atom. The lowest BCUT2D eigenvalue weighted by atomic mass is 10.00. The molecule has 2 aromatic rings. The van der Waals surface area contributed by atoms with E-state index in [0.717, 1.165) is 18.4 Å². The summed E-state index contributed by atoms with van der Waals surface area (Å²) in [7, 11) is 0. The van der Waals surface area contributed by atoms with E-state index in [4.69, 9.17) is 5.11 Å². The van der Waals surface area contributed by atoms with Crippen LogP contribution in [-0.4, -0.2) is 23.0 Å². The second kappa shape index (κ2) is 7.35. The highest BCUT2D eigenvalue weighted by atomic mass is 19.1. The topological polar surface area (TPSA) is 66.4 Å². The monoisotopic (exact) mass is 351 g/mol. The summed E-state index contributed by atoms with van der Waals surface area (Å²) >= 11 is 0. The lowest BCUT2D eigenvalue weighted by molar-refractivity contribution is -0.130. The maximum atomic E-state index is 13.2. The highest BCUT2D eigenvalue weighted by Gasteiger charge is 2.25. The molecule has 0 spiro atoms. The molecule has 1 aliphatic rings. The molecule has 0 radical (unpaired) electrons. The molecule has 5 heteroatoms. The third-order valence-electron chi connectivity index (χ3n) is 4.14. The molecule has 0 bridgehead atoms. The predicted octanol–water partition coefficient (Wildman–Crippen LogP) is 3.74. The van der Waals surface area contributed by atoms with E-state index >= 15 is 0 Å². The number of aliphatic carboxylic acids is 1. The van der Waals surface area contributed by atoms with Gasteiger partial charge in [0.2, 0.25) is 0 Å². The summed E-state index contributed by atoms with van der Waals surface area (Å²) in [6.45, 7) is 3.52. The van der Waals surface area contributed by atoms with Crippen LogP contribution < -0.4 is 5.32 Å². The van der Waals surface area contributed by atoms with Crippen molar-refractivity contribution in [2.24, 2.45) is 0 Å². The molecule has 0 atom stereocenters. The minimum absolute atomic E-state index is 0.00534. The molecule has 2 N–H and O–H groups in total. The van der Waals surface area contributed by atoms with Gasteiger partial charge in [-0.1, -0.05) is 43.0 Å². The van der Waals surface area contributed by atoms with Gasteiger partial charge in [0, 0.05) is 11.6 Å². The molecule has 132 valence electrons. The molecule has 1 saturated carbocycles. The normalized spacial score (nSPS) is 14.0. The van der Waals surface area contributed by atoms with E-state index in [2.05, 4.69) is 11.9 Å². The van der Waals surface area contributed by atoms with Gasteiger partial charge in [0.25, 0.3) is 5.91 Å². The molecular formula is C21H18FNO3. The van der Waals surface area contributed by atoms with Gasteiger partial charge < -0.3 is 10.4 Å². The number of hydrogen-bond donors (Lipinski definition) is 2. The predicted molar refractivity (Wildman–Crippen MR) is 98.5 cm³/mol. The summed E-state index contributed by atoms with van der Waals surface area (Å²) in [6.07, 6.45) is 3.64. The molecule has 0 saturated heterocycles. The zero-order chi connectivity index (χ0) is 18.7. The first kappa shape index (κ1) is 17.6. The Morgan fingerprint density at radius 2 is 1.62 bits per heavy atom. The van der Waals surface area contributed by atoms with E-state index in [9.17, 15) is 14.0 Å². The van der Waals surface area contributed by atoms with E-state index in [1.807, 2.05) is 0 Å². The average Bonchev–Trinajstić information content (AvgIpc) is 3.44. The van der Waals surface area contributed by atoms with E-state index in [0.29, 0.717) is 16.7 Å². The van der Waals surface area contributed by atoms with Crippen LogP contribution in [0.4, 0.5) is 4.39 Å². The summed E-state index contributed by atoms with van der Waals surface area (Å²) in [6, 6.07) is 12.7. The van der Waals surface area contributed by atoms with Gasteiger partial charge in [-0.2, -0.15) is 0 Å². The molecule has 1 fully saturated rings. The summed E-state index contributed by atoms with van der Waals surface area (Å²) in [5.74, 6) is -1.66. The number of benzene rings is 2. The highest BCUT2D eigenvalue weighted by molar-refractivity contribution is 6.24. The molecule has 0 heterocycles. The second-order valence-electron chi connectivity index (χ2n) is 6.22. The van der Waals surface area contributed by atoms with Crippen molar-refractivity contribution in [1.29, 1.82) is 0 Å². The number of rotatable bonds is 6. The molecule has 3 rings (SSSR count). The van der Waals surface area contributed by atoms with Crippen molar-refractivity contribution in [2.75, 3.05) is 0 Å². The summed E-state index contributed by atoms with van der Waals surface area (Å²) in [4.78, 5) is 23.6. The van der Waals surface area contributed by atoms with Crippen LogP contribution in [0.15, 0.2) is 55.1 Å². The molecule has 1 aliphatic carbocycles. The largest absolute Gasteiger partial charge is 0.478 e. The van der Waals surface area contributed by atoms with Gasteiger partial charge in [0.15, 0.2) is 0 Å². The van der Waals surface area contributed by atoms with Crippen molar-refractivity contribution >= 4 is 29.1 Å². The van der Waals surface area contributed by atoms with Crippen LogP contribution in [0.3, 0.4) is 0 Å². The Bertz CT molecular complexity index is 878. The highest BCUT2D eigenvalue weighted by Crippen LogP contribution is 2.24. The van der Waals surface area contributed by atoms with E-state index in [-0.39, 0.29) is 23.3 Å². The number of carbonyl (C=O) groups is 2. The van der Waals surface area contributed by atoms with Crippen molar-refractivity contribution < 1.29 is 19.1 Å². The molecule has 0 aliphatic heterocycles. The van der Waals surface area contributed by atoms with Crippen molar-refractivity contribution in [2.45, 2.75) is 18.9 Å². The Kier molecular flexibility index (Phi) is 4.98. The van der Waals surface area contributed by atoms with Gasteiger partial charge in [-0.15, -0.1) is 0 Å². The summed E-state index contributed by atoms with van der Waals surface area (Å²) in [5.41, 5.74) is 2.29. The number of carboxylic acid groups (broad SMARTS) is 1. The Balaban J connectivity index is 1.92. The van der Waals surface area contributed by atoms with Crippen molar-refractivity contribution in [3.8, 4) is 0 Å². The second-order valence-corrected chi connectivity index (χ2v) is 6.22. The Labute approximate surface area is 150 Å². The first-order valence-electron chi connectivity index (χ1n) is 8.25. The number of carbonyl (C=O) groups excluding carboxylic acids is 1. The van der Waals surface area contributed by atoms with E-state index in [1.54, 1.807) is 42.5 Å². The number of amides is 1. The average molecular weight is 351 g/mol. The van der Waals surface area contributed by atoms with Crippen molar-refractivity contribution in [3.05, 3.63) is 77.6 Å². The lowest BCUT2D eigenvalue weighted by Crippen LogP contribution is -2.26. The maximum absolute atomic E-state index is 13.2. The number of carboxylic acids is 1. The fourth-order valence-corrected chi connectivity index (χ4v) is 2.47. The number of nitrogens with one attached hydrogen (secondary N) is 1. The Morgan fingerprint density at radius 1 is 1.04 bits per heavy atom. The van der Waals surface area contributed by atoms with Gasteiger partial charge in [0.05, 0.1) is 5.57 Å². The smallest absolute Gasteiger partial charge is 0.335 e. The van der Waals surface area contributed by atoms with Crippen LogP contribution in [0.2, 0.25) is 0 Å². The Hall–Kier alpha value is -3.21.